The molecule has 170 valence electrons. The number of rotatable bonds is 6. The molecule has 0 saturated heterocycles. The van der Waals surface area contributed by atoms with Crippen molar-refractivity contribution in [2.75, 3.05) is 0 Å². The molecule has 0 radical (unpaired) electrons. The molecule has 34 heavy (non-hydrogen) atoms. The van der Waals surface area contributed by atoms with Crippen LogP contribution in [0.25, 0.3) is 48.4 Å². The number of fused-ring (bicyclic) bond motifs is 1. The lowest BCUT2D eigenvalue weighted by Gasteiger charge is -2.01. The Balaban J connectivity index is 2.41. The van der Waals surface area contributed by atoms with Crippen molar-refractivity contribution < 1.29 is 8.83 Å². The summed E-state index contributed by atoms with van der Waals surface area (Å²) in [4.78, 5) is 0. The molecule has 0 aliphatic carbocycles. The van der Waals surface area contributed by atoms with E-state index < -0.39 is 0 Å². The fraction of sp³-hybridized carbons (Fsp3) is 0.0625. The molecule has 2 heterocycles. The van der Waals surface area contributed by atoms with Gasteiger partial charge in [-0.3, -0.25) is 0 Å². The lowest BCUT2D eigenvalue weighted by Crippen LogP contribution is -2.21. The van der Waals surface area contributed by atoms with Crippen LogP contribution in [0.4, 0.5) is 0 Å². The van der Waals surface area contributed by atoms with Crippen molar-refractivity contribution in [2.24, 2.45) is 0 Å². The molecule has 0 aliphatic heterocycles. The molecule has 2 nitrogen and oxygen atoms in total. The molecule has 0 N–H and O–H groups in total. The van der Waals surface area contributed by atoms with E-state index in [9.17, 15) is 0 Å². The third-order valence-corrected chi connectivity index (χ3v) is 5.38. The quantitative estimate of drug-likeness (QED) is 0.443. The monoisotopic (exact) mass is 446 g/mol. The summed E-state index contributed by atoms with van der Waals surface area (Å²) in [6, 6.07) is 11.5. The van der Waals surface area contributed by atoms with Crippen LogP contribution in [0.1, 0.15) is 29.6 Å². The van der Waals surface area contributed by atoms with Gasteiger partial charge in [-0.1, -0.05) is 94.1 Å². The minimum absolute atomic E-state index is 0.538. The molecule has 0 unspecified atom stereocenters. The molecular formula is C32H30O2. The lowest BCUT2D eigenvalue weighted by atomic mass is 9.99. The number of aryl methyl sites for hydroxylation is 1. The Kier molecular flexibility index (Phi) is 7.55. The Morgan fingerprint density at radius 3 is 2.38 bits per heavy atom. The van der Waals surface area contributed by atoms with E-state index in [1.165, 1.54) is 0 Å². The fourth-order valence-electron chi connectivity index (χ4n) is 3.69. The van der Waals surface area contributed by atoms with Gasteiger partial charge in [-0.15, -0.1) is 0 Å². The van der Waals surface area contributed by atoms with Crippen LogP contribution in [0.5, 0.6) is 0 Å². The minimum Gasteiger partial charge on any atom is -0.461 e. The summed E-state index contributed by atoms with van der Waals surface area (Å²) in [5.41, 5.74) is 4.58. The Hall–Kier alpha value is -4.30. The van der Waals surface area contributed by atoms with Crippen LogP contribution in [0, 0.1) is 6.92 Å². The molecule has 0 atom stereocenters. The molecule has 0 fully saturated rings. The number of hydrogen-bond donors (Lipinski definition) is 0. The van der Waals surface area contributed by atoms with Crippen molar-refractivity contribution in [1.82, 2.24) is 0 Å². The van der Waals surface area contributed by atoms with Crippen molar-refractivity contribution >= 4 is 48.4 Å². The van der Waals surface area contributed by atoms with Gasteiger partial charge in [-0.05, 0) is 53.6 Å². The largest absolute Gasteiger partial charge is 0.461 e. The first kappa shape index (κ1) is 24.3. The van der Waals surface area contributed by atoms with Crippen molar-refractivity contribution in [2.45, 2.75) is 13.8 Å². The highest BCUT2D eigenvalue weighted by Crippen LogP contribution is 2.31. The van der Waals surface area contributed by atoms with Crippen LogP contribution < -0.4 is 21.1 Å². The molecule has 0 saturated carbocycles. The van der Waals surface area contributed by atoms with E-state index in [-0.39, 0.29) is 0 Å². The zero-order valence-corrected chi connectivity index (χ0v) is 20.0. The standard InChI is InChI=1S/C32H30O2/c1-9-13-21(3)16-18-29-31(23(5)10-2)27(25(7)33-29)20-28-26(8)34-30-19-17-22(4)14-11-12-15-24(6)32(28)30/h9-20H,2-6,8H2,1,7H3/b13-9-,14-11?,15-12?,18-16-,19-17?,28-20+. The summed E-state index contributed by atoms with van der Waals surface area (Å²) in [6.07, 6.45) is 11.4. The summed E-state index contributed by atoms with van der Waals surface area (Å²) < 4.78 is 12.2. The Labute approximate surface area is 200 Å². The highest BCUT2D eigenvalue weighted by molar-refractivity contribution is 5.86. The molecule has 3 rings (SSSR count). The third kappa shape index (κ3) is 5.19. The molecule has 2 aromatic heterocycles. The van der Waals surface area contributed by atoms with E-state index in [1.807, 2.05) is 80.6 Å². The third-order valence-electron chi connectivity index (χ3n) is 5.38. The van der Waals surface area contributed by atoms with Gasteiger partial charge in [0.25, 0.3) is 0 Å². The lowest BCUT2D eigenvalue weighted by molar-refractivity contribution is 0.523. The number of hydrogen-bond acceptors (Lipinski definition) is 2. The van der Waals surface area contributed by atoms with Crippen LogP contribution in [0.3, 0.4) is 0 Å². The summed E-state index contributed by atoms with van der Waals surface area (Å²) in [5, 5.41) is 3.38. The van der Waals surface area contributed by atoms with Gasteiger partial charge in [0, 0.05) is 21.7 Å². The van der Waals surface area contributed by atoms with Gasteiger partial charge in [0.15, 0.2) is 0 Å². The van der Waals surface area contributed by atoms with Gasteiger partial charge < -0.3 is 8.83 Å². The van der Waals surface area contributed by atoms with Crippen LogP contribution in [0.2, 0.25) is 0 Å². The first-order valence-electron chi connectivity index (χ1n) is 11.0. The first-order valence-corrected chi connectivity index (χ1v) is 11.0. The number of furan rings is 2. The SMILES string of the molecule is C=CC(=C)c1c(/C=C\C(=C)/C=C\C)oc(C)c1/C=c1\c(=C)oc2ccc(=C)ccccc(=C)c12. The van der Waals surface area contributed by atoms with Crippen LogP contribution in [0.15, 0.2) is 94.8 Å². The van der Waals surface area contributed by atoms with Gasteiger partial charge in [-0.2, -0.15) is 0 Å². The highest BCUT2D eigenvalue weighted by Gasteiger charge is 2.16. The van der Waals surface area contributed by atoms with E-state index in [1.54, 1.807) is 6.08 Å². The smallest absolute Gasteiger partial charge is 0.135 e. The minimum atomic E-state index is 0.538. The topological polar surface area (TPSA) is 26.3 Å². The summed E-state index contributed by atoms with van der Waals surface area (Å²) >= 11 is 0. The fourth-order valence-corrected chi connectivity index (χ4v) is 3.69. The maximum atomic E-state index is 6.14. The van der Waals surface area contributed by atoms with Crippen molar-refractivity contribution in [3.05, 3.63) is 130 Å². The second-order valence-corrected chi connectivity index (χ2v) is 7.92. The summed E-state index contributed by atoms with van der Waals surface area (Å²) in [6.45, 7) is 28.5. The summed E-state index contributed by atoms with van der Waals surface area (Å²) in [5.74, 6) is 1.43. The predicted octanol–water partition coefficient (Wildman–Crippen LogP) is 5.86. The van der Waals surface area contributed by atoms with Crippen molar-refractivity contribution in [3.8, 4) is 0 Å². The van der Waals surface area contributed by atoms with Gasteiger partial charge in [0.2, 0.25) is 0 Å². The molecule has 0 aliphatic rings. The molecule has 0 amide bonds. The first-order chi connectivity index (χ1) is 16.3. The number of allylic oxidation sites excluding steroid dienone is 6. The zero-order valence-electron chi connectivity index (χ0n) is 20.0. The van der Waals surface area contributed by atoms with Crippen LogP contribution >= 0.6 is 0 Å². The molecule has 0 spiro atoms. The Morgan fingerprint density at radius 2 is 1.68 bits per heavy atom. The Morgan fingerprint density at radius 1 is 0.941 bits per heavy atom. The van der Waals surface area contributed by atoms with Crippen molar-refractivity contribution in [1.29, 1.82) is 0 Å². The molecule has 1 aromatic carbocycles. The molecular weight excluding hydrogens is 416 g/mol. The maximum Gasteiger partial charge on any atom is 0.135 e. The van der Waals surface area contributed by atoms with E-state index in [0.717, 1.165) is 49.1 Å². The highest BCUT2D eigenvalue weighted by atomic mass is 16.3. The van der Waals surface area contributed by atoms with Gasteiger partial charge in [-0.25, -0.2) is 0 Å². The van der Waals surface area contributed by atoms with E-state index in [0.29, 0.717) is 16.8 Å². The normalized spacial score (nSPS) is 11.9. The van der Waals surface area contributed by atoms with E-state index >= 15 is 0 Å². The van der Waals surface area contributed by atoms with E-state index in [2.05, 4.69) is 39.5 Å². The molecule has 3 aromatic rings. The van der Waals surface area contributed by atoms with Crippen LogP contribution in [-0.2, 0) is 0 Å². The predicted molar refractivity (Wildman–Crippen MR) is 148 cm³/mol. The van der Waals surface area contributed by atoms with E-state index in [4.69, 9.17) is 8.83 Å². The van der Waals surface area contributed by atoms with Gasteiger partial charge in [0.1, 0.15) is 22.5 Å². The second kappa shape index (κ2) is 10.5. The van der Waals surface area contributed by atoms with Crippen LogP contribution in [-0.4, -0.2) is 0 Å². The molecule has 0 bridgehead atoms. The van der Waals surface area contributed by atoms with Crippen molar-refractivity contribution in [3.63, 3.8) is 0 Å². The average molecular weight is 447 g/mol. The zero-order chi connectivity index (χ0) is 24.8. The second-order valence-electron chi connectivity index (χ2n) is 7.92. The molecule has 2 heteroatoms. The average Bonchev–Trinajstić information content (AvgIpc) is 3.29. The summed E-state index contributed by atoms with van der Waals surface area (Å²) in [7, 11) is 0. The maximum absolute atomic E-state index is 6.14. The van der Waals surface area contributed by atoms with Gasteiger partial charge >= 0.3 is 0 Å². The van der Waals surface area contributed by atoms with Gasteiger partial charge in [0.05, 0.1) is 0 Å². The Bertz CT molecular complexity index is 1620.